The number of carbonyl (C=O) groups excluding carboxylic acids is 1. The van der Waals surface area contributed by atoms with Crippen molar-refractivity contribution in [3.8, 4) is 11.7 Å². The summed E-state index contributed by atoms with van der Waals surface area (Å²) in [6.45, 7) is 8.39. The van der Waals surface area contributed by atoms with Crippen molar-refractivity contribution in [3.63, 3.8) is 0 Å². The number of aromatic nitrogens is 4. The Balaban J connectivity index is 1.83. The van der Waals surface area contributed by atoms with Crippen molar-refractivity contribution in [2.24, 2.45) is 0 Å². The third kappa shape index (κ3) is 3.85. The maximum absolute atomic E-state index is 12.5. The lowest BCUT2D eigenvalue weighted by Gasteiger charge is -2.16. The van der Waals surface area contributed by atoms with Gasteiger partial charge in [-0.05, 0) is 51.5 Å². The summed E-state index contributed by atoms with van der Waals surface area (Å²) in [4.78, 5) is 21.5. The van der Waals surface area contributed by atoms with Crippen LogP contribution in [0.15, 0.2) is 30.3 Å². The summed E-state index contributed by atoms with van der Waals surface area (Å²) >= 11 is 1.59. The van der Waals surface area contributed by atoms with Crippen LogP contribution in [-0.2, 0) is 4.79 Å². The maximum atomic E-state index is 12.5. The van der Waals surface area contributed by atoms with Gasteiger partial charge >= 0.3 is 0 Å². The quantitative estimate of drug-likeness (QED) is 0.707. The zero-order valence-corrected chi connectivity index (χ0v) is 17.7. The highest BCUT2D eigenvalue weighted by molar-refractivity contribution is 8.00. The minimum absolute atomic E-state index is 0.0284. The molecule has 29 heavy (non-hydrogen) atoms. The summed E-state index contributed by atoms with van der Waals surface area (Å²) in [6, 6.07) is 9.94. The van der Waals surface area contributed by atoms with Crippen LogP contribution in [-0.4, -0.2) is 38.0 Å². The van der Waals surface area contributed by atoms with E-state index in [0.29, 0.717) is 24.1 Å². The van der Waals surface area contributed by atoms with E-state index in [1.165, 1.54) is 0 Å². The van der Waals surface area contributed by atoms with Crippen LogP contribution in [0.1, 0.15) is 40.4 Å². The highest BCUT2D eigenvalue weighted by Crippen LogP contribution is 2.43. The third-order valence-corrected chi connectivity index (χ3v) is 5.93. The predicted molar refractivity (Wildman–Crippen MR) is 114 cm³/mol. The van der Waals surface area contributed by atoms with Crippen molar-refractivity contribution < 1.29 is 9.53 Å². The molecule has 0 radical (unpaired) electrons. The molecule has 4 rings (SSSR count). The fraction of sp³-hybridized carbons (Fsp3) is 0.333. The molecular weight excluding hydrogens is 386 g/mol. The van der Waals surface area contributed by atoms with Crippen LogP contribution in [0, 0.1) is 20.8 Å². The van der Waals surface area contributed by atoms with Crippen LogP contribution in [0.5, 0.6) is 5.75 Å². The number of fused-ring (bicyclic) bond motifs is 1. The highest BCUT2D eigenvalue weighted by Gasteiger charge is 2.31. The second-order valence-electron chi connectivity index (χ2n) is 6.95. The van der Waals surface area contributed by atoms with Crippen LogP contribution in [0.2, 0.25) is 0 Å². The number of benzene rings is 1. The van der Waals surface area contributed by atoms with E-state index >= 15 is 0 Å². The first-order chi connectivity index (χ1) is 14.0. The van der Waals surface area contributed by atoms with Crippen molar-refractivity contribution in [1.82, 2.24) is 19.7 Å². The molecule has 3 heterocycles. The number of ether oxygens (including phenoxy) is 1. The summed E-state index contributed by atoms with van der Waals surface area (Å²) < 4.78 is 7.21. The van der Waals surface area contributed by atoms with Gasteiger partial charge in [-0.25, -0.2) is 9.97 Å². The zero-order chi connectivity index (χ0) is 20.5. The van der Waals surface area contributed by atoms with Crippen molar-refractivity contribution in [2.45, 2.75) is 32.9 Å². The molecule has 0 saturated heterocycles. The maximum Gasteiger partial charge on any atom is 0.252 e. The Morgan fingerprint density at radius 3 is 2.52 bits per heavy atom. The lowest BCUT2D eigenvalue weighted by molar-refractivity contribution is -0.113. The molecule has 1 atom stereocenters. The SMILES string of the molecule is CCOc1ccc([C@H]2SCC(=O)Nc3c2c(C)nn3-c2nc(C)cc(C)n2)cc1. The van der Waals surface area contributed by atoms with Gasteiger partial charge < -0.3 is 10.1 Å². The number of nitrogens with one attached hydrogen (secondary N) is 1. The third-order valence-electron chi connectivity index (χ3n) is 4.66. The van der Waals surface area contributed by atoms with E-state index < -0.39 is 0 Å². The van der Waals surface area contributed by atoms with Crippen LogP contribution in [0.4, 0.5) is 5.82 Å². The normalized spacial score (nSPS) is 16.1. The topological polar surface area (TPSA) is 81.9 Å². The van der Waals surface area contributed by atoms with Crippen LogP contribution in [0.3, 0.4) is 0 Å². The fourth-order valence-electron chi connectivity index (χ4n) is 3.50. The number of carbonyl (C=O) groups is 1. The van der Waals surface area contributed by atoms with Crippen molar-refractivity contribution in [2.75, 3.05) is 17.7 Å². The minimum atomic E-state index is -0.0600. The fourth-order valence-corrected chi connectivity index (χ4v) is 4.69. The molecule has 0 unspecified atom stereocenters. The Bertz CT molecular complexity index is 1040. The van der Waals surface area contributed by atoms with E-state index in [9.17, 15) is 4.79 Å². The molecule has 1 aliphatic rings. The van der Waals surface area contributed by atoms with E-state index in [1.54, 1.807) is 16.4 Å². The molecule has 0 bridgehead atoms. The standard InChI is InChI=1S/C21H23N5O2S/c1-5-28-16-8-6-15(7-9-16)19-18-14(4)25-26(20(18)24-17(27)11-29-19)21-22-12(2)10-13(3)23-21/h6-10,19H,5,11H2,1-4H3,(H,24,27)/t19-/m1/s1. The van der Waals surface area contributed by atoms with Gasteiger partial charge in [0.05, 0.1) is 23.3 Å². The van der Waals surface area contributed by atoms with Crippen molar-refractivity contribution >= 4 is 23.5 Å². The summed E-state index contributed by atoms with van der Waals surface area (Å²) in [7, 11) is 0. The molecule has 1 N–H and O–H groups in total. The smallest absolute Gasteiger partial charge is 0.252 e. The Labute approximate surface area is 173 Å². The number of nitrogens with zero attached hydrogens (tertiary/aromatic N) is 4. The second-order valence-corrected chi connectivity index (χ2v) is 8.04. The summed E-state index contributed by atoms with van der Waals surface area (Å²) in [5, 5.41) is 7.67. The molecular formula is C21H23N5O2S. The number of aryl methyl sites for hydroxylation is 3. The largest absolute Gasteiger partial charge is 0.494 e. The lowest BCUT2D eigenvalue weighted by atomic mass is 10.0. The van der Waals surface area contributed by atoms with Gasteiger partial charge in [0.25, 0.3) is 5.95 Å². The first kappa shape index (κ1) is 19.4. The van der Waals surface area contributed by atoms with Crippen LogP contribution < -0.4 is 10.1 Å². The lowest BCUT2D eigenvalue weighted by Crippen LogP contribution is -2.17. The number of thioether (sulfide) groups is 1. The van der Waals surface area contributed by atoms with Gasteiger partial charge in [0.2, 0.25) is 5.91 Å². The Morgan fingerprint density at radius 1 is 1.17 bits per heavy atom. The first-order valence-corrected chi connectivity index (χ1v) is 10.6. The van der Waals surface area contributed by atoms with E-state index in [-0.39, 0.29) is 11.2 Å². The molecule has 3 aromatic rings. The molecule has 0 aliphatic carbocycles. The Hall–Kier alpha value is -2.87. The number of rotatable bonds is 4. The molecule has 2 aromatic heterocycles. The molecule has 0 saturated carbocycles. The molecule has 1 aromatic carbocycles. The molecule has 7 nitrogen and oxygen atoms in total. The number of anilines is 1. The van der Waals surface area contributed by atoms with Crippen molar-refractivity contribution in [3.05, 3.63) is 58.5 Å². The van der Waals surface area contributed by atoms with Gasteiger partial charge in [0.15, 0.2) is 0 Å². The van der Waals surface area contributed by atoms with Gasteiger partial charge in [-0.1, -0.05) is 12.1 Å². The van der Waals surface area contributed by atoms with E-state index in [1.807, 2.05) is 58.0 Å². The number of amides is 1. The molecule has 0 fully saturated rings. The predicted octanol–water partition coefficient (Wildman–Crippen LogP) is 3.76. The number of hydrogen-bond acceptors (Lipinski definition) is 6. The van der Waals surface area contributed by atoms with Gasteiger partial charge in [-0.3, -0.25) is 4.79 Å². The molecule has 8 heteroatoms. The van der Waals surface area contributed by atoms with Crippen LogP contribution >= 0.6 is 11.8 Å². The number of hydrogen-bond donors (Lipinski definition) is 1. The monoisotopic (exact) mass is 409 g/mol. The molecule has 150 valence electrons. The molecule has 1 aliphatic heterocycles. The highest BCUT2D eigenvalue weighted by atomic mass is 32.2. The Kier molecular flexibility index (Phi) is 5.27. The summed E-state index contributed by atoms with van der Waals surface area (Å²) in [5.74, 6) is 2.24. The summed E-state index contributed by atoms with van der Waals surface area (Å²) in [6.07, 6.45) is 0. The van der Waals surface area contributed by atoms with Gasteiger partial charge in [0.1, 0.15) is 11.6 Å². The average molecular weight is 410 g/mol. The van der Waals surface area contributed by atoms with Gasteiger partial charge in [-0.2, -0.15) is 9.78 Å². The van der Waals surface area contributed by atoms with Crippen LogP contribution in [0.25, 0.3) is 5.95 Å². The van der Waals surface area contributed by atoms with Gasteiger partial charge in [-0.15, -0.1) is 11.8 Å². The van der Waals surface area contributed by atoms with E-state index in [0.717, 1.165) is 34.0 Å². The minimum Gasteiger partial charge on any atom is -0.494 e. The molecule has 1 amide bonds. The van der Waals surface area contributed by atoms with E-state index in [4.69, 9.17) is 4.74 Å². The Morgan fingerprint density at radius 2 is 1.86 bits per heavy atom. The van der Waals surface area contributed by atoms with E-state index in [2.05, 4.69) is 20.4 Å². The average Bonchev–Trinajstić information content (AvgIpc) is 2.88. The zero-order valence-electron chi connectivity index (χ0n) is 16.9. The van der Waals surface area contributed by atoms with Gasteiger partial charge in [0, 0.05) is 17.0 Å². The summed E-state index contributed by atoms with van der Waals surface area (Å²) in [5.41, 5.74) is 4.63. The van der Waals surface area contributed by atoms with Crippen molar-refractivity contribution in [1.29, 1.82) is 0 Å². The first-order valence-electron chi connectivity index (χ1n) is 9.52. The molecule has 0 spiro atoms. The second kappa shape index (κ2) is 7.87.